The molecule has 0 aromatic carbocycles. The van der Waals surface area contributed by atoms with E-state index in [1.807, 2.05) is 0 Å². The molecular weight excluding hydrogens is 260 g/mol. The van der Waals surface area contributed by atoms with Crippen LogP contribution in [0.4, 0.5) is 0 Å². The van der Waals surface area contributed by atoms with E-state index in [1.54, 1.807) is 13.8 Å². The Bertz CT molecular complexity index is 546. The van der Waals surface area contributed by atoms with Gasteiger partial charge in [0.15, 0.2) is 0 Å². The molecule has 0 bridgehead atoms. The molecule has 0 radical (unpaired) electrons. The third kappa shape index (κ3) is 2.93. The first-order valence-electron chi connectivity index (χ1n) is 6.43. The minimum atomic E-state index is -0.755. The lowest BCUT2D eigenvalue weighted by atomic mass is 10.2. The van der Waals surface area contributed by atoms with Gasteiger partial charge in [-0.1, -0.05) is 0 Å². The third-order valence-corrected chi connectivity index (χ3v) is 3.30. The molecule has 1 aromatic rings. The first kappa shape index (κ1) is 14.4. The second-order valence-electron chi connectivity index (χ2n) is 5.00. The number of rotatable bonds is 2. The molecule has 2 heterocycles. The number of carbonyl (C=O) groups excluding carboxylic acids is 2. The Kier molecular flexibility index (Phi) is 3.99. The van der Waals surface area contributed by atoms with E-state index in [9.17, 15) is 14.7 Å². The van der Waals surface area contributed by atoms with Crippen molar-refractivity contribution < 1.29 is 14.7 Å². The van der Waals surface area contributed by atoms with E-state index in [0.717, 1.165) is 0 Å². The van der Waals surface area contributed by atoms with Crippen molar-refractivity contribution in [3.63, 3.8) is 0 Å². The average Bonchev–Trinajstić information content (AvgIpc) is 2.69. The summed E-state index contributed by atoms with van der Waals surface area (Å²) in [5.41, 5.74) is 1.03. The summed E-state index contributed by atoms with van der Waals surface area (Å²) in [5, 5.41) is 12.5. The van der Waals surface area contributed by atoms with Gasteiger partial charge in [0.05, 0.1) is 23.4 Å². The molecule has 20 heavy (non-hydrogen) atoms. The smallest absolute Gasteiger partial charge is 0.257 e. The summed E-state index contributed by atoms with van der Waals surface area (Å²) in [7, 11) is 0. The molecule has 2 rings (SSSR count). The van der Waals surface area contributed by atoms with Crippen LogP contribution in [0.1, 0.15) is 28.8 Å². The molecule has 2 atom stereocenters. The molecule has 1 aliphatic heterocycles. The Hall–Kier alpha value is -2.02. The second kappa shape index (κ2) is 5.54. The summed E-state index contributed by atoms with van der Waals surface area (Å²) in [6.07, 6.45) is 0.743. The minimum absolute atomic E-state index is 0.192. The first-order chi connectivity index (χ1) is 9.38. The molecule has 0 aliphatic carbocycles. The van der Waals surface area contributed by atoms with E-state index in [0.29, 0.717) is 17.1 Å². The fourth-order valence-corrected chi connectivity index (χ4v) is 2.32. The monoisotopic (exact) mass is 278 g/mol. The number of nitrogens with one attached hydrogen (secondary N) is 1. The second-order valence-corrected chi connectivity index (χ2v) is 5.00. The van der Waals surface area contributed by atoms with Crippen LogP contribution in [0.15, 0.2) is 6.20 Å². The maximum atomic E-state index is 12.4. The van der Waals surface area contributed by atoms with Gasteiger partial charge in [0.1, 0.15) is 5.82 Å². The van der Waals surface area contributed by atoms with E-state index in [-0.39, 0.29) is 24.9 Å². The predicted molar refractivity (Wildman–Crippen MR) is 71.0 cm³/mol. The standard InChI is InChI=1S/C13H18N4O3/c1-7-10(4-14-8(2)15-7)13(20)17-5-11(12(19)6-17)16-9(3)18/h4,11-12,19H,5-6H2,1-3H3,(H,16,18)/t11-,12-/m1/s1. The van der Waals surface area contributed by atoms with Crippen LogP contribution in [0.5, 0.6) is 0 Å². The quantitative estimate of drug-likeness (QED) is 0.754. The van der Waals surface area contributed by atoms with Gasteiger partial charge in [-0.05, 0) is 13.8 Å². The molecule has 1 saturated heterocycles. The number of carbonyl (C=O) groups is 2. The lowest BCUT2D eigenvalue weighted by Crippen LogP contribution is -2.41. The number of aryl methyl sites for hydroxylation is 2. The van der Waals surface area contributed by atoms with Gasteiger partial charge in [-0.25, -0.2) is 9.97 Å². The van der Waals surface area contributed by atoms with E-state index < -0.39 is 12.1 Å². The highest BCUT2D eigenvalue weighted by molar-refractivity contribution is 5.95. The molecule has 2 amide bonds. The highest BCUT2D eigenvalue weighted by Crippen LogP contribution is 2.15. The topological polar surface area (TPSA) is 95.4 Å². The van der Waals surface area contributed by atoms with Gasteiger partial charge in [-0.3, -0.25) is 9.59 Å². The van der Waals surface area contributed by atoms with Gasteiger partial charge < -0.3 is 15.3 Å². The zero-order valence-corrected chi connectivity index (χ0v) is 11.8. The number of aliphatic hydroxyl groups excluding tert-OH is 1. The van der Waals surface area contributed by atoms with Crippen LogP contribution in [0, 0.1) is 13.8 Å². The number of likely N-dealkylation sites (tertiary alicyclic amines) is 1. The van der Waals surface area contributed by atoms with Crippen LogP contribution in [0.3, 0.4) is 0 Å². The maximum absolute atomic E-state index is 12.4. The predicted octanol–water partition coefficient (Wildman–Crippen LogP) is -0.585. The Morgan fingerprint density at radius 1 is 1.40 bits per heavy atom. The summed E-state index contributed by atoms with van der Waals surface area (Å²) < 4.78 is 0. The van der Waals surface area contributed by atoms with Gasteiger partial charge in [0.25, 0.3) is 5.91 Å². The Labute approximate surface area is 117 Å². The molecule has 7 nitrogen and oxygen atoms in total. The summed E-state index contributed by atoms with van der Waals surface area (Å²) in [4.78, 5) is 33.1. The van der Waals surface area contributed by atoms with Crippen molar-refractivity contribution in [2.75, 3.05) is 13.1 Å². The van der Waals surface area contributed by atoms with Crippen molar-refractivity contribution in [3.05, 3.63) is 23.3 Å². The molecular formula is C13H18N4O3. The Morgan fingerprint density at radius 3 is 2.70 bits per heavy atom. The zero-order chi connectivity index (χ0) is 14.9. The van der Waals surface area contributed by atoms with Crippen molar-refractivity contribution in [2.45, 2.75) is 32.9 Å². The summed E-state index contributed by atoms with van der Waals surface area (Å²) in [5.74, 6) is 0.157. The van der Waals surface area contributed by atoms with Crippen LogP contribution < -0.4 is 5.32 Å². The van der Waals surface area contributed by atoms with Crippen molar-refractivity contribution in [1.82, 2.24) is 20.2 Å². The van der Waals surface area contributed by atoms with E-state index in [4.69, 9.17) is 0 Å². The maximum Gasteiger partial charge on any atom is 0.257 e. The number of β-amino-alcohol motifs (C(OH)–C–C–N with tert-alkyl or cyclic N) is 1. The van der Waals surface area contributed by atoms with E-state index in [2.05, 4.69) is 15.3 Å². The number of hydrogen-bond acceptors (Lipinski definition) is 5. The van der Waals surface area contributed by atoms with Gasteiger partial charge in [-0.15, -0.1) is 0 Å². The van der Waals surface area contributed by atoms with Crippen LogP contribution in [0.2, 0.25) is 0 Å². The highest BCUT2D eigenvalue weighted by Gasteiger charge is 2.35. The van der Waals surface area contributed by atoms with Crippen molar-refractivity contribution in [3.8, 4) is 0 Å². The van der Waals surface area contributed by atoms with Crippen molar-refractivity contribution >= 4 is 11.8 Å². The fraction of sp³-hybridized carbons (Fsp3) is 0.538. The molecule has 1 fully saturated rings. The number of hydrogen-bond donors (Lipinski definition) is 2. The lowest BCUT2D eigenvalue weighted by Gasteiger charge is -2.17. The van der Waals surface area contributed by atoms with Crippen LogP contribution in [-0.4, -0.2) is 57.0 Å². The van der Waals surface area contributed by atoms with E-state index >= 15 is 0 Å². The summed E-state index contributed by atoms with van der Waals surface area (Å²) in [6.45, 7) is 5.37. The summed E-state index contributed by atoms with van der Waals surface area (Å²) in [6, 6.07) is -0.428. The Balaban J connectivity index is 2.12. The van der Waals surface area contributed by atoms with E-state index in [1.165, 1.54) is 18.0 Å². The van der Waals surface area contributed by atoms with Crippen LogP contribution in [-0.2, 0) is 4.79 Å². The Morgan fingerprint density at radius 2 is 2.10 bits per heavy atom. The lowest BCUT2D eigenvalue weighted by molar-refractivity contribution is -0.120. The number of amides is 2. The average molecular weight is 278 g/mol. The first-order valence-corrected chi connectivity index (χ1v) is 6.43. The molecule has 1 aliphatic rings. The molecule has 0 unspecified atom stereocenters. The SMILES string of the molecule is CC(=O)N[C@@H]1CN(C(=O)c2cnc(C)nc2C)C[C@H]1O. The van der Waals surface area contributed by atoms with Gasteiger partial charge in [0.2, 0.25) is 5.91 Å². The fourth-order valence-electron chi connectivity index (χ4n) is 2.32. The molecule has 7 heteroatoms. The van der Waals surface area contributed by atoms with Crippen molar-refractivity contribution in [1.29, 1.82) is 0 Å². The number of aliphatic hydroxyl groups is 1. The molecule has 2 N–H and O–H groups in total. The summed E-state index contributed by atoms with van der Waals surface area (Å²) >= 11 is 0. The minimum Gasteiger partial charge on any atom is -0.389 e. The number of nitrogens with zero attached hydrogens (tertiary/aromatic N) is 3. The van der Waals surface area contributed by atoms with Crippen molar-refractivity contribution in [2.24, 2.45) is 0 Å². The molecule has 0 saturated carbocycles. The van der Waals surface area contributed by atoms with Crippen LogP contribution in [0.25, 0.3) is 0 Å². The van der Waals surface area contributed by atoms with Gasteiger partial charge >= 0.3 is 0 Å². The molecule has 0 spiro atoms. The number of aromatic nitrogens is 2. The highest BCUT2D eigenvalue weighted by atomic mass is 16.3. The third-order valence-electron chi connectivity index (χ3n) is 3.30. The van der Waals surface area contributed by atoms with Gasteiger partial charge in [0, 0.05) is 26.2 Å². The molecule has 1 aromatic heterocycles. The normalized spacial score (nSPS) is 21.9. The zero-order valence-electron chi connectivity index (χ0n) is 11.8. The molecule has 108 valence electrons. The van der Waals surface area contributed by atoms with Gasteiger partial charge in [-0.2, -0.15) is 0 Å². The largest absolute Gasteiger partial charge is 0.389 e. The van der Waals surface area contributed by atoms with Crippen LogP contribution >= 0.6 is 0 Å².